The van der Waals surface area contributed by atoms with Crippen LogP contribution >= 0.6 is 11.8 Å². The Morgan fingerprint density at radius 1 is 1.05 bits per heavy atom. The van der Waals surface area contributed by atoms with Crippen LogP contribution in [0.3, 0.4) is 0 Å². The van der Waals surface area contributed by atoms with Crippen LogP contribution in [0.15, 0.2) is 58.4 Å². The van der Waals surface area contributed by atoms with Crippen LogP contribution in [0.4, 0.5) is 8.78 Å². The van der Waals surface area contributed by atoms with Crippen LogP contribution in [0.25, 0.3) is 16.8 Å². The molecule has 37 heavy (non-hydrogen) atoms. The van der Waals surface area contributed by atoms with Crippen molar-refractivity contribution in [3.8, 4) is 22.6 Å². The topological polar surface area (TPSA) is 53.4 Å². The van der Waals surface area contributed by atoms with Crippen LogP contribution in [-0.2, 0) is 4.43 Å². The summed E-state index contributed by atoms with van der Waals surface area (Å²) in [6.07, 6.45) is 3.27. The number of hydrogen-bond acceptors (Lipinski definition) is 5. The number of halogens is 2. The van der Waals surface area contributed by atoms with Crippen molar-refractivity contribution >= 4 is 20.1 Å². The summed E-state index contributed by atoms with van der Waals surface area (Å²) in [7, 11) is -2.10. The molecule has 3 rings (SSSR count). The van der Waals surface area contributed by atoms with E-state index in [0.717, 1.165) is 27.3 Å². The van der Waals surface area contributed by atoms with E-state index >= 15 is 0 Å². The Morgan fingerprint density at radius 3 is 2.24 bits per heavy atom. The zero-order valence-corrected chi connectivity index (χ0v) is 24.6. The summed E-state index contributed by atoms with van der Waals surface area (Å²) in [4.78, 5) is 14.7. The molecule has 0 aliphatic carbocycles. The molecule has 1 heterocycles. The van der Waals surface area contributed by atoms with Crippen LogP contribution in [0.5, 0.6) is 5.75 Å². The number of nitrogens with zero attached hydrogens (tertiary/aromatic N) is 2. The maximum absolute atomic E-state index is 13.9. The van der Waals surface area contributed by atoms with Gasteiger partial charge in [-0.1, -0.05) is 46.8 Å². The molecule has 0 amide bonds. The van der Waals surface area contributed by atoms with Crippen molar-refractivity contribution < 1.29 is 17.9 Å². The molecule has 0 spiro atoms. The van der Waals surface area contributed by atoms with Gasteiger partial charge in [-0.05, 0) is 60.1 Å². The highest BCUT2D eigenvalue weighted by atomic mass is 32.2. The second kappa shape index (κ2) is 11.5. The molecule has 9 heteroatoms. The molecule has 0 radical (unpaired) electrons. The molecule has 200 valence electrons. The number of hydrogen-bond donors (Lipinski definition) is 0. The van der Waals surface area contributed by atoms with E-state index in [1.54, 1.807) is 11.8 Å². The first-order valence-electron chi connectivity index (χ1n) is 12.3. The Morgan fingerprint density at radius 2 is 1.70 bits per heavy atom. The molecular formula is C28H36F2N2O3SSi. The second-order valence-corrected chi connectivity index (χ2v) is 16.5. The standard InChI is InChI=1S/C28H36F2N2O3SSi/c1-18(2)25(35-37(7,8)28(3,4)5)17-34-26-22(19-9-12-21(36-6)13-10-19)16-31-32(27(26)33)20-11-14-23(29)24(30)15-20/h9-16,18,25H,17H2,1-8H3/t25-/m1/s1. The summed E-state index contributed by atoms with van der Waals surface area (Å²) < 4.78 is 41.4. The molecular weight excluding hydrogens is 510 g/mol. The van der Waals surface area contributed by atoms with Gasteiger partial charge in [-0.15, -0.1) is 11.8 Å². The Balaban J connectivity index is 2.06. The fourth-order valence-corrected chi connectivity index (χ4v) is 5.30. The van der Waals surface area contributed by atoms with Gasteiger partial charge in [-0.25, -0.2) is 8.78 Å². The van der Waals surface area contributed by atoms with Crippen molar-refractivity contribution in [3.05, 3.63) is 70.6 Å². The van der Waals surface area contributed by atoms with Gasteiger partial charge in [0.2, 0.25) is 0 Å². The minimum atomic E-state index is -2.10. The van der Waals surface area contributed by atoms with E-state index in [1.165, 1.54) is 12.3 Å². The Hall–Kier alpha value is -2.49. The second-order valence-electron chi connectivity index (χ2n) is 10.9. The maximum atomic E-state index is 13.9. The van der Waals surface area contributed by atoms with Crippen LogP contribution in [-0.4, -0.2) is 37.1 Å². The van der Waals surface area contributed by atoms with E-state index in [1.807, 2.05) is 30.5 Å². The molecule has 0 aliphatic heterocycles. The molecule has 0 unspecified atom stereocenters. The van der Waals surface area contributed by atoms with Gasteiger partial charge >= 0.3 is 5.56 Å². The number of aromatic nitrogens is 2. The third-order valence-electron chi connectivity index (χ3n) is 6.87. The van der Waals surface area contributed by atoms with Gasteiger partial charge < -0.3 is 9.16 Å². The minimum absolute atomic E-state index is 0.0143. The van der Waals surface area contributed by atoms with E-state index in [2.05, 4.69) is 52.8 Å². The lowest BCUT2D eigenvalue weighted by Gasteiger charge is -2.40. The maximum Gasteiger partial charge on any atom is 0.314 e. The van der Waals surface area contributed by atoms with Crippen LogP contribution < -0.4 is 10.3 Å². The molecule has 0 saturated carbocycles. The average molecular weight is 547 g/mol. The van der Waals surface area contributed by atoms with Gasteiger partial charge in [0.1, 0.15) is 6.61 Å². The van der Waals surface area contributed by atoms with Gasteiger partial charge in [0, 0.05) is 16.5 Å². The van der Waals surface area contributed by atoms with Gasteiger partial charge in [0.05, 0.1) is 18.0 Å². The molecule has 0 N–H and O–H groups in total. The van der Waals surface area contributed by atoms with Crippen LogP contribution in [0.1, 0.15) is 34.6 Å². The molecule has 1 aromatic heterocycles. The van der Waals surface area contributed by atoms with Crippen molar-refractivity contribution in [1.82, 2.24) is 9.78 Å². The van der Waals surface area contributed by atoms with Crippen LogP contribution in [0, 0.1) is 17.6 Å². The zero-order chi connectivity index (χ0) is 27.5. The molecule has 2 aromatic carbocycles. The predicted octanol–water partition coefficient (Wildman–Crippen LogP) is 7.32. The lowest BCUT2D eigenvalue weighted by atomic mass is 10.1. The van der Waals surface area contributed by atoms with E-state index < -0.39 is 25.5 Å². The highest BCUT2D eigenvalue weighted by Gasteiger charge is 2.40. The molecule has 3 aromatic rings. The first-order valence-corrected chi connectivity index (χ1v) is 16.4. The van der Waals surface area contributed by atoms with Crippen molar-refractivity contribution in [2.75, 3.05) is 12.9 Å². The summed E-state index contributed by atoms with van der Waals surface area (Å²) in [5.74, 6) is -1.83. The number of ether oxygens (including phenoxy) is 1. The van der Waals surface area contributed by atoms with E-state index in [0.29, 0.717) is 5.56 Å². The third kappa shape index (κ3) is 6.69. The first kappa shape index (κ1) is 29.1. The first-order chi connectivity index (χ1) is 17.2. The fourth-order valence-electron chi connectivity index (χ4n) is 3.44. The molecule has 1 atom stereocenters. The summed E-state index contributed by atoms with van der Waals surface area (Å²) in [6, 6.07) is 11.0. The quantitative estimate of drug-likeness (QED) is 0.208. The molecule has 0 saturated heterocycles. The zero-order valence-electron chi connectivity index (χ0n) is 22.8. The predicted molar refractivity (Wildman–Crippen MR) is 149 cm³/mol. The molecule has 0 aliphatic rings. The lowest BCUT2D eigenvalue weighted by Crippen LogP contribution is -2.47. The normalized spacial score (nSPS) is 13.2. The molecule has 0 bridgehead atoms. The van der Waals surface area contributed by atoms with Crippen molar-refractivity contribution in [2.45, 2.75) is 63.8 Å². The largest absolute Gasteiger partial charge is 0.485 e. The Labute approximate surface area is 223 Å². The van der Waals surface area contributed by atoms with Gasteiger partial charge in [0.15, 0.2) is 25.7 Å². The van der Waals surface area contributed by atoms with Crippen LogP contribution in [0.2, 0.25) is 18.1 Å². The summed E-state index contributed by atoms with van der Waals surface area (Å²) >= 11 is 1.62. The SMILES string of the molecule is CSc1ccc(-c2cnn(-c3ccc(F)c(F)c3)c(=O)c2OC[C@@H](O[Si](C)(C)C(C)(C)C)C(C)C)cc1. The monoisotopic (exact) mass is 546 g/mol. The summed E-state index contributed by atoms with van der Waals surface area (Å²) in [5, 5.41) is 4.27. The smallest absolute Gasteiger partial charge is 0.314 e. The number of rotatable bonds is 9. The fraction of sp³-hybridized carbons (Fsp3) is 0.429. The highest BCUT2D eigenvalue weighted by molar-refractivity contribution is 7.98. The van der Waals surface area contributed by atoms with E-state index in [9.17, 15) is 13.6 Å². The van der Waals surface area contributed by atoms with Crippen molar-refractivity contribution in [1.29, 1.82) is 0 Å². The summed E-state index contributed by atoms with van der Waals surface area (Å²) in [5.41, 5.74) is 0.829. The van der Waals surface area contributed by atoms with Gasteiger partial charge in [-0.3, -0.25) is 4.79 Å². The minimum Gasteiger partial charge on any atom is -0.485 e. The van der Waals surface area contributed by atoms with Gasteiger partial charge in [-0.2, -0.15) is 9.78 Å². The lowest BCUT2D eigenvalue weighted by molar-refractivity contribution is 0.0781. The van der Waals surface area contributed by atoms with E-state index in [4.69, 9.17) is 9.16 Å². The number of benzene rings is 2. The third-order valence-corrected chi connectivity index (χ3v) is 12.1. The highest BCUT2D eigenvalue weighted by Crippen LogP contribution is 2.38. The van der Waals surface area contributed by atoms with Crippen molar-refractivity contribution in [2.24, 2.45) is 5.92 Å². The molecule has 0 fully saturated rings. The summed E-state index contributed by atoms with van der Waals surface area (Å²) in [6.45, 7) is 15.2. The van der Waals surface area contributed by atoms with Gasteiger partial charge in [0.25, 0.3) is 0 Å². The Kier molecular flexibility index (Phi) is 9.03. The Bertz CT molecular complexity index is 1290. The van der Waals surface area contributed by atoms with E-state index in [-0.39, 0.29) is 35.1 Å². The number of thioether (sulfide) groups is 1. The van der Waals surface area contributed by atoms with Crippen molar-refractivity contribution in [3.63, 3.8) is 0 Å². The average Bonchev–Trinajstić information content (AvgIpc) is 2.83. The molecule has 5 nitrogen and oxygen atoms in total.